The molecule has 1 aliphatic rings. The zero-order valence-electron chi connectivity index (χ0n) is 12.7. The predicted octanol–water partition coefficient (Wildman–Crippen LogP) is 2.09. The van der Waals surface area contributed by atoms with Crippen LogP contribution in [-0.4, -0.2) is 53.9 Å². The molecular formula is C17H18N2O3. The van der Waals surface area contributed by atoms with Crippen molar-refractivity contribution in [2.24, 2.45) is 0 Å². The molecule has 1 aliphatic heterocycles. The van der Waals surface area contributed by atoms with Crippen LogP contribution in [0.1, 0.15) is 27.1 Å². The zero-order valence-corrected chi connectivity index (χ0v) is 12.7. The molecule has 22 heavy (non-hydrogen) atoms. The number of carbonyl (C=O) groups excluding carboxylic acids is 2. The molecule has 0 saturated heterocycles. The minimum atomic E-state index is -0.285. The van der Waals surface area contributed by atoms with Crippen molar-refractivity contribution in [2.45, 2.75) is 6.42 Å². The summed E-state index contributed by atoms with van der Waals surface area (Å²) in [6.45, 7) is 1.20. The summed E-state index contributed by atoms with van der Waals surface area (Å²) in [4.78, 5) is 28.5. The van der Waals surface area contributed by atoms with Gasteiger partial charge in [-0.2, -0.15) is 0 Å². The van der Waals surface area contributed by atoms with Crippen LogP contribution in [0.4, 0.5) is 0 Å². The number of nitrogens with zero attached hydrogens (tertiary/aromatic N) is 2. The monoisotopic (exact) mass is 298 g/mol. The number of aromatic hydroxyl groups is 1. The fourth-order valence-corrected chi connectivity index (χ4v) is 2.88. The van der Waals surface area contributed by atoms with E-state index in [4.69, 9.17) is 0 Å². The van der Waals surface area contributed by atoms with Crippen LogP contribution in [0, 0.1) is 0 Å². The maximum absolute atomic E-state index is 12.6. The third kappa shape index (κ3) is 2.23. The molecule has 5 heteroatoms. The number of phenols is 1. The van der Waals surface area contributed by atoms with Gasteiger partial charge in [0, 0.05) is 28.4 Å². The van der Waals surface area contributed by atoms with Crippen LogP contribution in [0.3, 0.4) is 0 Å². The highest BCUT2D eigenvalue weighted by Gasteiger charge is 2.32. The number of carbonyl (C=O) groups is 2. The Balaban J connectivity index is 2.03. The van der Waals surface area contributed by atoms with Crippen LogP contribution in [0.25, 0.3) is 10.8 Å². The zero-order chi connectivity index (χ0) is 15.9. The number of hydrogen-bond acceptors (Lipinski definition) is 4. The van der Waals surface area contributed by atoms with E-state index in [-0.39, 0.29) is 17.6 Å². The van der Waals surface area contributed by atoms with Crippen molar-refractivity contribution in [2.75, 3.05) is 27.2 Å². The normalized spacial score (nSPS) is 14.2. The largest absolute Gasteiger partial charge is 0.507 e. The molecule has 5 nitrogen and oxygen atoms in total. The van der Waals surface area contributed by atoms with Crippen molar-refractivity contribution < 1.29 is 14.7 Å². The van der Waals surface area contributed by atoms with E-state index >= 15 is 0 Å². The van der Waals surface area contributed by atoms with Gasteiger partial charge in [0.1, 0.15) is 5.75 Å². The maximum atomic E-state index is 12.6. The number of benzene rings is 2. The molecule has 2 aromatic carbocycles. The number of rotatable bonds is 4. The summed E-state index contributed by atoms with van der Waals surface area (Å²) in [5, 5.41) is 11.0. The summed E-state index contributed by atoms with van der Waals surface area (Å²) in [6, 6.07) is 8.26. The Labute approximate surface area is 128 Å². The predicted molar refractivity (Wildman–Crippen MR) is 84.2 cm³/mol. The van der Waals surface area contributed by atoms with Gasteiger partial charge in [-0.1, -0.05) is 12.1 Å². The van der Waals surface area contributed by atoms with E-state index in [2.05, 4.69) is 0 Å². The van der Waals surface area contributed by atoms with Crippen LogP contribution >= 0.6 is 0 Å². The third-order valence-corrected chi connectivity index (χ3v) is 3.96. The molecule has 0 atom stereocenters. The average Bonchev–Trinajstić information content (AvgIpc) is 2.49. The second-order valence-electron chi connectivity index (χ2n) is 5.78. The van der Waals surface area contributed by atoms with E-state index in [0.717, 1.165) is 13.0 Å². The molecule has 2 amide bonds. The maximum Gasteiger partial charge on any atom is 0.261 e. The van der Waals surface area contributed by atoms with E-state index in [1.165, 1.54) is 11.0 Å². The first-order valence-corrected chi connectivity index (χ1v) is 7.26. The first-order chi connectivity index (χ1) is 10.5. The van der Waals surface area contributed by atoms with Crippen molar-refractivity contribution in [3.05, 3.63) is 41.5 Å². The molecule has 1 heterocycles. The number of amides is 2. The van der Waals surface area contributed by atoms with E-state index in [0.29, 0.717) is 28.4 Å². The molecule has 0 aliphatic carbocycles. The lowest BCUT2D eigenvalue weighted by Crippen LogP contribution is -2.41. The first-order valence-electron chi connectivity index (χ1n) is 7.26. The fourth-order valence-electron chi connectivity index (χ4n) is 2.88. The Morgan fingerprint density at radius 3 is 2.41 bits per heavy atom. The Bertz CT molecular complexity index is 746. The van der Waals surface area contributed by atoms with Gasteiger partial charge in [0.15, 0.2) is 0 Å². The fraction of sp³-hybridized carbons (Fsp3) is 0.294. The van der Waals surface area contributed by atoms with Gasteiger partial charge in [-0.05, 0) is 45.3 Å². The van der Waals surface area contributed by atoms with Crippen molar-refractivity contribution in [1.82, 2.24) is 9.80 Å². The molecule has 0 unspecified atom stereocenters. The molecule has 2 aromatic rings. The van der Waals surface area contributed by atoms with Gasteiger partial charge in [0.05, 0.1) is 0 Å². The third-order valence-electron chi connectivity index (χ3n) is 3.96. The van der Waals surface area contributed by atoms with Gasteiger partial charge >= 0.3 is 0 Å². The van der Waals surface area contributed by atoms with Crippen molar-refractivity contribution in [1.29, 1.82) is 0 Å². The summed E-state index contributed by atoms with van der Waals surface area (Å²) in [7, 11) is 3.91. The summed E-state index contributed by atoms with van der Waals surface area (Å²) in [6.07, 6.45) is 0.730. The Kier molecular flexibility index (Phi) is 3.58. The summed E-state index contributed by atoms with van der Waals surface area (Å²) >= 11 is 0. The summed E-state index contributed by atoms with van der Waals surface area (Å²) in [5.41, 5.74) is 0.959. The molecule has 0 fully saturated rings. The average molecular weight is 298 g/mol. The standard InChI is InChI=1S/C17H18N2O3/c1-18(2)9-4-10-19-16(21)12-6-3-5-11-14(20)8-7-13(15(11)12)17(19)22/h3,5-8,20H,4,9-10H2,1-2H3. The van der Waals surface area contributed by atoms with Gasteiger partial charge in [-0.25, -0.2) is 0 Å². The topological polar surface area (TPSA) is 60.9 Å². The Morgan fingerprint density at radius 1 is 1.05 bits per heavy atom. The van der Waals surface area contributed by atoms with Gasteiger partial charge in [0.2, 0.25) is 0 Å². The molecule has 0 radical (unpaired) electrons. The molecule has 0 spiro atoms. The molecule has 0 bridgehead atoms. The van der Waals surface area contributed by atoms with Crippen molar-refractivity contribution in [3.63, 3.8) is 0 Å². The number of phenolic OH excluding ortho intramolecular Hbond substituents is 1. The molecule has 114 valence electrons. The SMILES string of the molecule is CN(C)CCCN1C(=O)c2cccc3c(O)ccc(c23)C1=O. The van der Waals surface area contributed by atoms with Crippen molar-refractivity contribution in [3.8, 4) is 5.75 Å². The highest BCUT2D eigenvalue weighted by atomic mass is 16.3. The Hall–Kier alpha value is -2.40. The van der Waals surface area contributed by atoms with Crippen LogP contribution in [0.5, 0.6) is 5.75 Å². The van der Waals surface area contributed by atoms with E-state index in [1.807, 2.05) is 19.0 Å². The quantitative estimate of drug-likeness (QED) is 0.878. The van der Waals surface area contributed by atoms with Crippen LogP contribution < -0.4 is 0 Å². The molecule has 0 aromatic heterocycles. The van der Waals surface area contributed by atoms with E-state index in [1.54, 1.807) is 24.3 Å². The number of imide groups is 1. The first kappa shape index (κ1) is 14.5. The highest BCUT2D eigenvalue weighted by molar-refractivity contribution is 6.26. The summed E-state index contributed by atoms with van der Waals surface area (Å²) in [5.74, 6) is -0.484. The van der Waals surface area contributed by atoms with Crippen LogP contribution in [0.15, 0.2) is 30.3 Å². The van der Waals surface area contributed by atoms with Gasteiger partial charge in [-0.3, -0.25) is 14.5 Å². The second-order valence-corrected chi connectivity index (χ2v) is 5.78. The van der Waals surface area contributed by atoms with Crippen LogP contribution in [-0.2, 0) is 0 Å². The Morgan fingerprint density at radius 2 is 1.73 bits per heavy atom. The highest BCUT2D eigenvalue weighted by Crippen LogP contribution is 2.34. The lowest BCUT2D eigenvalue weighted by atomic mass is 9.93. The number of hydrogen-bond donors (Lipinski definition) is 1. The van der Waals surface area contributed by atoms with Gasteiger partial charge in [-0.15, -0.1) is 0 Å². The lowest BCUT2D eigenvalue weighted by Gasteiger charge is -2.27. The van der Waals surface area contributed by atoms with E-state index < -0.39 is 0 Å². The van der Waals surface area contributed by atoms with Crippen molar-refractivity contribution >= 4 is 22.6 Å². The molecule has 3 rings (SSSR count). The molecule has 1 N–H and O–H groups in total. The van der Waals surface area contributed by atoms with Crippen LogP contribution in [0.2, 0.25) is 0 Å². The minimum Gasteiger partial charge on any atom is -0.507 e. The smallest absolute Gasteiger partial charge is 0.261 e. The van der Waals surface area contributed by atoms with Gasteiger partial charge in [0.25, 0.3) is 11.8 Å². The van der Waals surface area contributed by atoms with E-state index in [9.17, 15) is 14.7 Å². The lowest BCUT2D eigenvalue weighted by molar-refractivity contribution is 0.0606. The van der Waals surface area contributed by atoms with Gasteiger partial charge < -0.3 is 10.0 Å². The summed E-state index contributed by atoms with van der Waals surface area (Å²) < 4.78 is 0. The minimum absolute atomic E-state index is 0.0854. The second kappa shape index (κ2) is 5.42. The molecule has 0 saturated carbocycles. The molecular weight excluding hydrogens is 280 g/mol.